The predicted octanol–water partition coefficient (Wildman–Crippen LogP) is 4.99. The highest BCUT2D eigenvalue weighted by atomic mass is 35.5. The monoisotopic (exact) mass is 455 g/mol. The van der Waals surface area contributed by atoms with Gasteiger partial charge in [0.1, 0.15) is 4.90 Å². The van der Waals surface area contributed by atoms with Crippen molar-refractivity contribution in [2.75, 3.05) is 28.0 Å². The average Bonchev–Trinajstić information content (AvgIpc) is 3.30. The number of rotatable bonds is 6. The smallest absolute Gasteiger partial charge is 0.263 e. The van der Waals surface area contributed by atoms with Gasteiger partial charge in [-0.3, -0.25) is 9.52 Å². The van der Waals surface area contributed by atoms with Gasteiger partial charge in [-0.1, -0.05) is 29.8 Å². The number of anilines is 3. The Morgan fingerprint density at radius 1 is 0.871 bits per heavy atom. The van der Waals surface area contributed by atoms with E-state index in [9.17, 15) is 13.2 Å². The lowest BCUT2D eigenvalue weighted by molar-refractivity contribution is 0.102. The van der Waals surface area contributed by atoms with Gasteiger partial charge in [0, 0.05) is 35.7 Å². The van der Waals surface area contributed by atoms with Crippen molar-refractivity contribution in [3.05, 3.63) is 83.4 Å². The molecule has 8 heteroatoms. The summed E-state index contributed by atoms with van der Waals surface area (Å²) in [6.07, 6.45) is 2.39. The highest BCUT2D eigenvalue weighted by molar-refractivity contribution is 7.92. The van der Waals surface area contributed by atoms with E-state index in [2.05, 4.69) is 14.9 Å². The maximum absolute atomic E-state index is 12.8. The quantitative estimate of drug-likeness (QED) is 0.548. The van der Waals surface area contributed by atoms with Crippen molar-refractivity contribution in [1.29, 1.82) is 0 Å². The van der Waals surface area contributed by atoms with Crippen LogP contribution in [0.15, 0.2) is 77.7 Å². The van der Waals surface area contributed by atoms with E-state index in [0.29, 0.717) is 11.4 Å². The van der Waals surface area contributed by atoms with Crippen molar-refractivity contribution in [3.8, 4) is 0 Å². The number of benzene rings is 3. The first kappa shape index (κ1) is 21.2. The van der Waals surface area contributed by atoms with Gasteiger partial charge < -0.3 is 10.2 Å². The van der Waals surface area contributed by atoms with Crippen LogP contribution in [0.1, 0.15) is 23.2 Å². The largest absolute Gasteiger partial charge is 0.372 e. The van der Waals surface area contributed by atoms with Gasteiger partial charge in [0.2, 0.25) is 0 Å². The van der Waals surface area contributed by atoms with E-state index in [1.165, 1.54) is 31.0 Å². The maximum Gasteiger partial charge on any atom is 0.263 e. The summed E-state index contributed by atoms with van der Waals surface area (Å²) in [7, 11) is -3.96. The van der Waals surface area contributed by atoms with Gasteiger partial charge in [-0.2, -0.15) is 0 Å². The fraction of sp³-hybridized carbons (Fsp3) is 0.174. The van der Waals surface area contributed by atoms with Crippen molar-refractivity contribution in [2.45, 2.75) is 17.7 Å². The number of amides is 1. The Bertz CT molecular complexity index is 1180. The highest BCUT2D eigenvalue weighted by Gasteiger charge is 2.21. The molecule has 1 amide bonds. The van der Waals surface area contributed by atoms with Crippen LogP contribution in [0.5, 0.6) is 0 Å². The topological polar surface area (TPSA) is 78.5 Å². The van der Waals surface area contributed by atoms with Gasteiger partial charge in [-0.25, -0.2) is 8.42 Å². The van der Waals surface area contributed by atoms with Crippen molar-refractivity contribution < 1.29 is 13.2 Å². The van der Waals surface area contributed by atoms with Gasteiger partial charge in [-0.05, 0) is 67.4 Å². The molecule has 1 saturated heterocycles. The zero-order valence-corrected chi connectivity index (χ0v) is 18.3. The van der Waals surface area contributed by atoms with Gasteiger partial charge in [0.15, 0.2) is 0 Å². The molecule has 160 valence electrons. The van der Waals surface area contributed by atoms with Crippen LogP contribution in [0, 0.1) is 0 Å². The minimum absolute atomic E-state index is 0.0370. The van der Waals surface area contributed by atoms with Gasteiger partial charge in [0.05, 0.1) is 5.02 Å². The zero-order chi connectivity index (χ0) is 21.8. The van der Waals surface area contributed by atoms with Crippen LogP contribution in [-0.2, 0) is 10.0 Å². The average molecular weight is 456 g/mol. The number of halogens is 1. The van der Waals surface area contributed by atoms with Crippen LogP contribution in [0.4, 0.5) is 17.1 Å². The van der Waals surface area contributed by atoms with Crippen LogP contribution < -0.4 is 14.9 Å². The van der Waals surface area contributed by atoms with Crippen LogP contribution in [0.2, 0.25) is 5.02 Å². The summed E-state index contributed by atoms with van der Waals surface area (Å²) in [6, 6.07) is 20.3. The molecule has 2 N–H and O–H groups in total. The normalized spacial score (nSPS) is 13.8. The molecule has 0 atom stereocenters. The molecule has 0 radical (unpaired) electrons. The number of carbonyl (C=O) groups excluding carboxylic acids is 1. The first-order valence-corrected chi connectivity index (χ1v) is 11.8. The number of sulfonamides is 1. The van der Waals surface area contributed by atoms with E-state index in [0.717, 1.165) is 18.8 Å². The third-order valence-electron chi connectivity index (χ3n) is 5.11. The number of nitrogens with one attached hydrogen (secondary N) is 2. The number of para-hydroxylation sites is 1. The second-order valence-electron chi connectivity index (χ2n) is 7.31. The summed E-state index contributed by atoms with van der Waals surface area (Å²) in [6.45, 7) is 2.09. The second kappa shape index (κ2) is 8.99. The van der Waals surface area contributed by atoms with Crippen LogP contribution in [0.25, 0.3) is 0 Å². The standard InChI is InChI=1S/C23H22ClN3O3S/c24-21-13-8-17(16-22(21)31(29,30)26-19-6-2-1-3-7-19)23(28)25-18-9-11-20(12-10-18)27-14-4-5-15-27/h1-3,6-13,16,26H,4-5,14-15H2,(H,25,28). The van der Waals surface area contributed by atoms with E-state index >= 15 is 0 Å². The summed E-state index contributed by atoms with van der Waals surface area (Å²) in [5.41, 5.74) is 2.37. The Hall–Kier alpha value is -3.03. The number of hydrogen-bond acceptors (Lipinski definition) is 4. The molecule has 0 aromatic heterocycles. The first-order chi connectivity index (χ1) is 14.9. The Morgan fingerprint density at radius 2 is 1.55 bits per heavy atom. The molecular formula is C23H22ClN3O3S. The summed E-state index contributed by atoms with van der Waals surface area (Å²) < 4.78 is 28.0. The van der Waals surface area contributed by atoms with E-state index in [4.69, 9.17) is 11.6 Å². The Balaban J connectivity index is 1.51. The Morgan fingerprint density at radius 3 is 2.23 bits per heavy atom. The molecule has 0 aliphatic carbocycles. The molecular weight excluding hydrogens is 434 g/mol. The van der Waals surface area contributed by atoms with Crippen molar-refractivity contribution in [3.63, 3.8) is 0 Å². The van der Waals surface area contributed by atoms with Crippen molar-refractivity contribution in [2.24, 2.45) is 0 Å². The van der Waals surface area contributed by atoms with Gasteiger partial charge in [0.25, 0.3) is 15.9 Å². The van der Waals surface area contributed by atoms with E-state index in [1.54, 1.807) is 30.3 Å². The lowest BCUT2D eigenvalue weighted by Crippen LogP contribution is -2.18. The molecule has 3 aromatic rings. The van der Waals surface area contributed by atoms with E-state index in [-0.39, 0.29) is 15.5 Å². The van der Waals surface area contributed by atoms with Gasteiger partial charge >= 0.3 is 0 Å². The fourth-order valence-corrected chi connectivity index (χ4v) is 5.09. The van der Waals surface area contributed by atoms with Crippen molar-refractivity contribution >= 4 is 44.6 Å². The lowest BCUT2D eigenvalue weighted by atomic mass is 10.2. The third kappa shape index (κ3) is 5.00. The highest BCUT2D eigenvalue weighted by Crippen LogP contribution is 2.26. The molecule has 1 fully saturated rings. The predicted molar refractivity (Wildman–Crippen MR) is 125 cm³/mol. The van der Waals surface area contributed by atoms with Crippen molar-refractivity contribution in [1.82, 2.24) is 0 Å². The van der Waals surface area contributed by atoms with Crippen LogP contribution >= 0.6 is 11.6 Å². The number of hydrogen-bond donors (Lipinski definition) is 2. The van der Waals surface area contributed by atoms with E-state index in [1.807, 2.05) is 24.3 Å². The molecule has 1 aliphatic rings. The molecule has 1 heterocycles. The molecule has 1 aliphatic heterocycles. The Kier molecular flexibility index (Phi) is 6.15. The van der Waals surface area contributed by atoms with Crippen LogP contribution in [0.3, 0.4) is 0 Å². The molecule has 0 saturated carbocycles. The molecule has 31 heavy (non-hydrogen) atoms. The van der Waals surface area contributed by atoms with Gasteiger partial charge in [-0.15, -0.1) is 0 Å². The second-order valence-corrected chi connectivity index (χ2v) is 9.37. The molecule has 0 bridgehead atoms. The minimum atomic E-state index is -3.96. The fourth-order valence-electron chi connectivity index (χ4n) is 3.50. The van der Waals surface area contributed by atoms with E-state index < -0.39 is 15.9 Å². The molecule has 4 rings (SSSR count). The minimum Gasteiger partial charge on any atom is -0.372 e. The maximum atomic E-state index is 12.8. The summed E-state index contributed by atoms with van der Waals surface area (Å²) in [5, 5.41) is 2.85. The molecule has 0 spiro atoms. The lowest BCUT2D eigenvalue weighted by Gasteiger charge is -2.17. The number of nitrogens with zero attached hydrogens (tertiary/aromatic N) is 1. The summed E-state index contributed by atoms with van der Waals surface area (Å²) >= 11 is 6.14. The first-order valence-electron chi connectivity index (χ1n) is 9.96. The number of carbonyl (C=O) groups is 1. The third-order valence-corrected chi connectivity index (χ3v) is 6.97. The zero-order valence-electron chi connectivity index (χ0n) is 16.7. The molecule has 6 nitrogen and oxygen atoms in total. The molecule has 0 unspecified atom stereocenters. The molecule has 3 aromatic carbocycles. The summed E-state index contributed by atoms with van der Waals surface area (Å²) in [4.78, 5) is 14.9. The SMILES string of the molecule is O=C(Nc1ccc(N2CCCC2)cc1)c1ccc(Cl)c(S(=O)(=O)Nc2ccccc2)c1. The Labute approximate surface area is 186 Å². The van der Waals surface area contributed by atoms with Crippen LogP contribution in [-0.4, -0.2) is 27.4 Å². The summed E-state index contributed by atoms with van der Waals surface area (Å²) in [5.74, 6) is -0.415.